The molecule has 0 aliphatic heterocycles. The molecule has 3 aromatic rings. The number of aryl methyl sites for hydroxylation is 1. The van der Waals surface area contributed by atoms with Crippen LogP contribution in [-0.4, -0.2) is 20.7 Å². The Morgan fingerprint density at radius 1 is 1.33 bits per heavy atom. The standard InChI is InChI=1S/C19H20ClFN4OS/c1-11(16-6-7-17(27-16)18-24-22-10-25(18)3)8-12(2)19(26)23-13-4-5-15(21)14(20)9-13/h4-7,9-12H,8H2,1-3H3,(H,23,26)/t11-,12+/m1/s1. The minimum Gasteiger partial charge on any atom is -0.326 e. The number of hydrogen-bond acceptors (Lipinski definition) is 4. The Labute approximate surface area is 166 Å². The summed E-state index contributed by atoms with van der Waals surface area (Å²) in [6.07, 6.45) is 2.37. The first-order valence-corrected chi connectivity index (χ1v) is 9.74. The zero-order chi connectivity index (χ0) is 19.6. The third kappa shape index (κ3) is 4.54. The molecule has 1 amide bonds. The summed E-state index contributed by atoms with van der Waals surface area (Å²) in [6, 6.07) is 8.26. The Hall–Kier alpha value is -2.25. The number of carbonyl (C=O) groups is 1. The molecular weight excluding hydrogens is 387 g/mol. The molecule has 0 saturated carbocycles. The van der Waals surface area contributed by atoms with Gasteiger partial charge in [-0.2, -0.15) is 0 Å². The number of anilines is 1. The topological polar surface area (TPSA) is 59.8 Å². The van der Waals surface area contributed by atoms with Crippen LogP contribution in [0.15, 0.2) is 36.7 Å². The molecule has 0 unspecified atom stereocenters. The minimum absolute atomic E-state index is 0.0105. The van der Waals surface area contributed by atoms with Crippen molar-refractivity contribution in [1.82, 2.24) is 14.8 Å². The first-order valence-electron chi connectivity index (χ1n) is 8.55. The fourth-order valence-electron chi connectivity index (χ4n) is 2.84. The molecule has 3 rings (SSSR count). The third-order valence-electron chi connectivity index (χ3n) is 4.39. The van der Waals surface area contributed by atoms with Gasteiger partial charge in [0.25, 0.3) is 0 Å². The van der Waals surface area contributed by atoms with Gasteiger partial charge in [0.05, 0.1) is 9.90 Å². The van der Waals surface area contributed by atoms with Crippen molar-refractivity contribution < 1.29 is 9.18 Å². The molecule has 2 heterocycles. The van der Waals surface area contributed by atoms with Gasteiger partial charge in [0, 0.05) is 23.5 Å². The molecule has 0 bridgehead atoms. The molecule has 2 aromatic heterocycles. The summed E-state index contributed by atoms with van der Waals surface area (Å²) in [7, 11) is 1.91. The van der Waals surface area contributed by atoms with E-state index in [9.17, 15) is 9.18 Å². The highest BCUT2D eigenvalue weighted by Gasteiger charge is 2.20. The number of rotatable bonds is 6. The van der Waals surface area contributed by atoms with Gasteiger partial charge in [-0.1, -0.05) is 25.4 Å². The van der Waals surface area contributed by atoms with E-state index >= 15 is 0 Å². The summed E-state index contributed by atoms with van der Waals surface area (Å²) >= 11 is 7.42. The van der Waals surface area contributed by atoms with Crippen LogP contribution in [0.4, 0.5) is 10.1 Å². The number of thiophene rings is 1. The van der Waals surface area contributed by atoms with Gasteiger partial charge in [-0.05, 0) is 42.7 Å². The molecule has 0 radical (unpaired) electrons. The van der Waals surface area contributed by atoms with Crippen molar-refractivity contribution in [2.24, 2.45) is 13.0 Å². The molecule has 0 aliphatic rings. The molecule has 0 saturated heterocycles. The fraction of sp³-hybridized carbons (Fsp3) is 0.316. The number of nitrogens with one attached hydrogen (secondary N) is 1. The average Bonchev–Trinajstić information content (AvgIpc) is 3.26. The van der Waals surface area contributed by atoms with Gasteiger partial charge in [-0.25, -0.2) is 4.39 Å². The first kappa shape index (κ1) is 19.5. The molecule has 1 N–H and O–H groups in total. The predicted octanol–water partition coefficient (Wildman–Crippen LogP) is 5.10. The van der Waals surface area contributed by atoms with Crippen LogP contribution in [0.1, 0.15) is 31.1 Å². The van der Waals surface area contributed by atoms with Crippen LogP contribution in [0.25, 0.3) is 10.7 Å². The third-order valence-corrected chi connectivity index (χ3v) is 5.99. The van der Waals surface area contributed by atoms with E-state index in [1.807, 2.05) is 24.6 Å². The second-order valence-corrected chi connectivity index (χ2v) is 8.15. The second-order valence-electron chi connectivity index (χ2n) is 6.62. The molecule has 0 fully saturated rings. The van der Waals surface area contributed by atoms with E-state index in [-0.39, 0.29) is 22.8 Å². The molecule has 27 heavy (non-hydrogen) atoms. The van der Waals surface area contributed by atoms with Crippen molar-refractivity contribution in [3.8, 4) is 10.7 Å². The molecule has 8 heteroatoms. The predicted molar refractivity (Wildman–Crippen MR) is 107 cm³/mol. The van der Waals surface area contributed by atoms with Gasteiger partial charge in [-0.3, -0.25) is 4.79 Å². The zero-order valence-corrected chi connectivity index (χ0v) is 16.8. The average molecular weight is 407 g/mol. The quantitative estimate of drug-likeness (QED) is 0.619. The van der Waals surface area contributed by atoms with Crippen LogP contribution >= 0.6 is 22.9 Å². The molecule has 0 aliphatic carbocycles. The SMILES string of the molecule is C[C@H](C[C@H](C)C(=O)Nc1ccc(F)c(Cl)c1)c1ccc(-c2nncn2C)s1. The van der Waals surface area contributed by atoms with E-state index in [4.69, 9.17) is 11.6 Å². The number of benzene rings is 1. The number of halogens is 2. The Morgan fingerprint density at radius 3 is 2.78 bits per heavy atom. The van der Waals surface area contributed by atoms with Crippen molar-refractivity contribution in [2.75, 3.05) is 5.32 Å². The minimum atomic E-state index is -0.507. The first-order chi connectivity index (χ1) is 12.8. The van der Waals surface area contributed by atoms with Crippen molar-refractivity contribution in [3.05, 3.63) is 52.4 Å². The van der Waals surface area contributed by atoms with Gasteiger partial charge in [0.15, 0.2) is 5.82 Å². The summed E-state index contributed by atoms with van der Waals surface area (Å²) in [5.41, 5.74) is 0.492. The summed E-state index contributed by atoms with van der Waals surface area (Å²) in [5, 5.41) is 10.8. The monoisotopic (exact) mass is 406 g/mol. The highest BCUT2D eigenvalue weighted by Crippen LogP contribution is 2.34. The van der Waals surface area contributed by atoms with Gasteiger partial charge in [-0.15, -0.1) is 21.5 Å². The number of aromatic nitrogens is 3. The van der Waals surface area contributed by atoms with Crippen molar-refractivity contribution in [1.29, 1.82) is 0 Å². The normalized spacial score (nSPS) is 13.4. The molecule has 2 atom stereocenters. The maximum atomic E-state index is 13.2. The maximum Gasteiger partial charge on any atom is 0.227 e. The fourth-order valence-corrected chi connectivity index (χ4v) is 4.12. The van der Waals surface area contributed by atoms with E-state index in [1.54, 1.807) is 17.7 Å². The number of amides is 1. The van der Waals surface area contributed by atoms with Crippen molar-refractivity contribution in [3.63, 3.8) is 0 Å². The molecule has 0 spiro atoms. The van der Waals surface area contributed by atoms with Crippen LogP contribution < -0.4 is 5.32 Å². The summed E-state index contributed by atoms with van der Waals surface area (Å²) < 4.78 is 15.1. The molecule has 5 nitrogen and oxygen atoms in total. The van der Waals surface area contributed by atoms with Crippen LogP contribution in [0, 0.1) is 11.7 Å². The van der Waals surface area contributed by atoms with Crippen molar-refractivity contribution in [2.45, 2.75) is 26.2 Å². The van der Waals surface area contributed by atoms with Gasteiger partial charge < -0.3 is 9.88 Å². The van der Waals surface area contributed by atoms with E-state index in [1.165, 1.54) is 23.1 Å². The Balaban J connectivity index is 1.62. The van der Waals surface area contributed by atoms with E-state index in [0.717, 1.165) is 10.7 Å². The van der Waals surface area contributed by atoms with Crippen LogP contribution in [0.3, 0.4) is 0 Å². The Morgan fingerprint density at radius 2 is 2.11 bits per heavy atom. The zero-order valence-electron chi connectivity index (χ0n) is 15.2. The Kier molecular flexibility index (Phi) is 5.92. The second kappa shape index (κ2) is 8.19. The van der Waals surface area contributed by atoms with Crippen LogP contribution in [0.5, 0.6) is 0 Å². The summed E-state index contributed by atoms with van der Waals surface area (Å²) in [5.74, 6) is 0.221. The largest absolute Gasteiger partial charge is 0.326 e. The van der Waals surface area contributed by atoms with Gasteiger partial charge in [0.2, 0.25) is 5.91 Å². The lowest BCUT2D eigenvalue weighted by Gasteiger charge is -2.16. The van der Waals surface area contributed by atoms with Crippen molar-refractivity contribution >= 4 is 34.5 Å². The van der Waals surface area contributed by atoms with Crippen LogP contribution in [0.2, 0.25) is 5.02 Å². The number of hydrogen-bond donors (Lipinski definition) is 1. The smallest absolute Gasteiger partial charge is 0.227 e. The van der Waals surface area contributed by atoms with Gasteiger partial charge >= 0.3 is 0 Å². The van der Waals surface area contributed by atoms with Gasteiger partial charge in [0.1, 0.15) is 12.1 Å². The van der Waals surface area contributed by atoms with E-state index < -0.39 is 5.82 Å². The van der Waals surface area contributed by atoms with Crippen LogP contribution in [-0.2, 0) is 11.8 Å². The summed E-state index contributed by atoms with van der Waals surface area (Å²) in [4.78, 5) is 14.7. The lowest BCUT2D eigenvalue weighted by molar-refractivity contribution is -0.119. The number of carbonyl (C=O) groups excluding carboxylic acids is 1. The molecule has 142 valence electrons. The van der Waals surface area contributed by atoms with E-state index in [0.29, 0.717) is 12.1 Å². The lowest BCUT2D eigenvalue weighted by Crippen LogP contribution is -2.21. The molecular formula is C19H20ClFN4OS. The lowest BCUT2D eigenvalue weighted by atomic mass is 9.95. The summed E-state index contributed by atoms with van der Waals surface area (Å²) in [6.45, 7) is 3.99. The maximum absolute atomic E-state index is 13.2. The highest BCUT2D eigenvalue weighted by molar-refractivity contribution is 7.15. The number of nitrogens with zero attached hydrogens (tertiary/aromatic N) is 3. The molecule has 1 aromatic carbocycles. The Bertz CT molecular complexity index is 955. The van der Waals surface area contributed by atoms with E-state index in [2.05, 4.69) is 28.5 Å². The highest BCUT2D eigenvalue weighted by atomic mass is 35.5.